The molecule has 4 heterocycles. The Morgan fingerprint density at radius 2 is 0.825 bits per heavy atom. The molecule has 0 amide bonds. The second-order valence-corrected chi connectivity index (χ2v) is 16.0. The summed E-state index contributed by atoms with van der Waals surface area (Å²) in [7, 11) is 0. The molecule has 0 aliphatic heterocycles. The predicted octanol–water partition coefficient (Wildman–Crippen LogP) is 14.6. The highest BCUT2D eigenvalue weighted by Gasteiger charge is 2.23. The van der Waals surface area contributed by atoms with Gasteiger partial charge in [0.05, 0.1) is 22.1 Å². The smallest absolute Gasteiger partial charge is 0.238 e. The Kier molecular flexibility index (Phi) is 7.80. The first-order valence-electron chi connectivity index (χ1n) is 21.2. The Bertz CT molecular complexity index is 3850. The number of hydrogen-bond donors (Lipinski definition) is 0. The van der Waals surface area contributed by atoms with Crippen LogP contribution in [0.2, 0.25) is 0 Å². The molecule has 6 nitrogen and oxygen atoms in total. The average molecular weight is 806 g/mol. The van der Waals surface area contributed by atoms with Crippen molar-refractivity contribution in [2.45, 2.75) is 0 Å². The zero-order valence-corrected chi connectivity index (χ0v) is 33.9. The fourth-order valence-corrected chi connectivity index (χ4v) is 9.47. The Morgan fingerprint density at radius 3 is 1.48 bits per heavy atom. The van der Waals surface area contributed by atoms with E-state index in [0.717, 1.165) is 99.1 Å². The van der Waals surface area contributed by atoms with Crippen molar-refractivity contribution in [1.29, 1.82) is 0 Å². The molecule has 13 rings (SSSR count). The van der Waals surface area contributed by atoms with E-state index in [0.29, 0.717) is 17.6 Å². The summed E-state index contributed by atoms with van der Waals surface area (Å²) in [6.07, 6.45) is 0. The van der Waals surface area contributed by atoms with E-state index in [-0.39, 0.29) is 0 Å². The van der Waals surface area contributed by atoms with Gasteiger partial charge in [0, 0.05) is 54.7 Å². The molecule has 6 heteroatoms. The Hall–Kier alpha value is -8.61. The minimum atomic E-state index is 0.566. The van der Waals surface area contributed by atoms with E-state index in [2.05, 4.69) is 155 Å². The molecule has 0 fully saturated rings. The summed E-state index contributed by atoms with van der Waals surface area (Å²) in [5.74, 6) is 1.81. The van der Waals surface area contributed by atoms with E-state index in [9.17, 15) is 0 Å². The summed E-state index contributed by atoms with van der Waals surface area (Å²) >= 11 is 0. The number of furan rings is 1. The van der Waals surface area contributed by atoms with Gasteiger partial charge in [0.25, 0.3) is 0 Å². The number of fused-ring (bicyclic) bond motifs is 9. The van der Waals surface area contributed by atoms with Gasteiger partial charge >= 0.3 is 0 Å². The van der Waals surface area contributed by atoms with Gasteiger partial charge in [-0.05, 0) is 65.2 Å². The fraction of sp³-hybridized carbons (Fsp3) is 0. The third-order valence-electron chi connectivity index (χ3n) is 12.4. The van der Waals surface area contributed by atoms with Crippen molar-refractivity contribution >= 4 is 65.6 Å². The third-order valence-corrected chi connectivity index (χ3v) is 12.4. The van der Waals surface area contributed by atoms with Crippen LogP contribution in [0.1, 0.15) is 0 Å². The quantitative estimate of drug-likeness (QED) is 0.168. The monoisotopic (exact) mass is 805 g/mol. The van der Waals surface area contributed by atoms with Crippen LogP contribution in [0.3, 0.4) is 0 Å². The molecular formula is C57H35N5O. The van der Waals surface area contributed by atoms with Gasteiger partial charge < -0.3 is 8.98 Å². The first-order chi connectivity index (χ1) is 31.2. The van der Waals surface area contributed by atoms with Gasteiger partial charge in [0.15, 0.2) is 11.6 Å². The van der Waals surface area contributed by atoms with Gasteiger partial charge in [-0.2, -0.15) is 9.97 Å². The van der Waals surface area contributed by atoms with Crippen LogP contribution in [-0.4, -0.2) is 24.1 Å². The minimum absolute atomic E-state index is 0.566. The molecule has 0 radical (unpaired) electrons. The first kappa shape index (κ1) is 35.2. The molecule has 9 aromatic carbocycles. The SMILES string of the molecule is c1ccc(-c2cccc(-c3cc(-n4c5ccccc5c5cc6c(cc54)c4ccccc4n6-c4nc(-c5ccccc5)nc(-c5ccccc5)n4)cc4c3oc3ccccc34)c2)cc1. The Morgan fingerprint density at radius 1 is 0.317 bits per heavy atom. The molecule has 0 aliphatic rings. The minimum Gasteiger partial charge on any atom is -0.455 e. The highest BCUT2D eigenvalue weighted by atomic mass is 16.3. The number of nitrogens with zero attached hydrogens (tertiary/aromatic N) is 5. The molecular weight excluding hydrogens is 771 g/mol. The Balaban J connectivity index is 1.09. The Labute approximate surface area is 361 Å². The van der Waals surface area contributed by atoms with Gasteiger partial charge in [-0.15, -0.1) is 0 Å². The lowest BCUT2D eigenvalue weighted by Gasteiger charge is -2.13. The standard InChI is InChI=1S/C57H35N5O/c1-4-17-36(18-5-1)39-23-16-24-40(31-39)45-32-41(33-48-44-27-12-15-30-53(44)63-54(45)48)61-49-28-13-10-25-42(49)46-35-52-47(34-51(46)61)43-26-11-14-29-50(43)62(52)57-59-55(37-19-6-2-7-20-37)58-56(60-57)38-21-8-3-9-22-38/h1-35H. The van der Waals surface area contributed by atoms with Crippen LogP contribution in [0.4, 0.5) is 0 Å². The second-order valence-electron chi connectivity index (χ2n) is 16.0. The number of hydrogen-bond acceptors (Lipinski definition) is 4. The van der Waals surface area contributed by atoms with Crippen molar-refractivity contribution in [3.8, 4) is 56.7 Å². The topological polar surface area (TPSA) is 61.7 Å². The first-order valence-corrected chi connectivity index (χ1v) is 21.2. The van der Waals surface area contributed by atoms with Gasteiger partial charge in [-0.3, -0.25) is 4.57 Å². The zero-order valence-electron chi connectivity index (χ0n) is 33.9. The fourth-order valence-electron chi connectivity index (χ4n) is 9.47. The highest BCUT2D eigenvalue weighted by Crippen LogP contribution is 2.43. The summed E-state index contributed by atoms with van der Waals surface area (Å²) in [5, 5.41) is 6.67. The van der Waals surface area contributed by atoms with Crippen LogP contribution < -0.4 is 0 Å². The predicted molar refractivity (Wildman–Crippen MR) is 258 cm³/mol. The van der Waals surface area contributed by atoms with Crippen molar-refractivity contribution in [1.82, 2.24) is 24.1 Å². The molecule has 0 spiro atoms. The molecule has 0 atom stereocenters. The van der Waals surface area contributed by atoms with Gasteiger partial charge in [-0.25, -0.2) is 4.98 Å². The van der Waals surface area contributed by atoms with E-state index in [1.54, 1.807) is 0 Å². The maximum atomic E-state index is 6.73. The lowest BCUT2D eigenvalue weighted by atomic mass is 9.97. The highest BCUT2D eigenvalue weighted by molar-refractivity contribution is 6.19. The van der Waals surface area contributed by atoms with Crippen LogP contribution in [0.15, 0.2) is 217 Å². The van der Waals surface area contributed by atoms with E-state index in [1.165, 1.54) is 5.56 Å². The maximum absolute atomic E-state index is 6.73. The molecule has 0 saturated carbocycles. The van der Waals surface area contributed by atoms with E-state index < -0.39 is 0 Å². The number of aromatic nitrogens is 5. The molecule has 63 heavy (non-hydrogen) atoms. The van der Waals surface area contributed by atoms with Crippen molar-refractivity contribution < 1.29 is 4.42 Å². The number of para-hydroxylation sites is 3. The van der Waals surface area contributed by atoms with E-state index >= 15 is 0 Å². The molecule has 0 bridgehead atoms. The number of benzene rings is 9. The van der Waals surface area contributed by atoms with Crippen LogP contribution >= 0.6 is 0 Å². The molecule has 0 saturated heterocycles. The average Bonchev–Trinajstić information content (AvgIpc) is 4.01. The normalized spacial score (nSPS) is 11.8. The molecule has 13 aromatic rings. The van der Waals surface area contributed by atoms with Crippen LogP contribution in [0, 0.1) is 0 Å². The van der Waals surface area contributed by atoms with Gasteiger partial charge in [0.2, 0.25) is 5.95 Å². The van der Waals surface area contributed by atoms with Crippen LogP contribution in [0.5, 0.6) is 0 Å². The second kappa shape index (κ2) is 14.0. The van der Waals surface area contributed by atoms with Crippen molar-refractivity contribution in [3.05, 3.63) is 212 Å². The largest absolute Gasteiger partial charge is 0.455 e. The molecule has 4 aromatic heterocycles. The van der Waals surface area contributed by atoms with Gasteiger partial charge in [-0.1, -0.05) is 164 Å². The molecule has 0 aliphatic carbocycles. The number of rotatable bonds is 6. The van der Waals surface area contributed by atoms with Crippen molar-refractivity contribution in [2.24, 2.45) is 0 Å². The zero-order chi connectivity index (χ0) is 41.4. The maximum Gasteiger partial charge on any atom is 0.238 e. The lowest BCUT2D eigenvalue weighted by molar-refractivity contribution is 0.670. The summed E-state index contributed by atoms with van der Waals surface area (Å²) < 4.78 is 11.4. The van der Waals surface area contributed by atoms with E-state index in [4.69, 9.17) is 19.4 Å². The van der Waals surface area contributed by atoms with Crippen molar-refractivity contribution in [3.63, 3.8) is 0 Å². The molecule has 0 unspecified atom stereocenters. The third kappa shape index (κ3) is 5.62. The lowest BCUT2D eigenvalue weighted by Crippen LogP contribution is -2.06. The summed E-state index contributed by atoms with van der Waals surface area (Å²) in [5.41, 5.74) is 13.4. The van der Waals surface area contributed by atoms with E-state index in [1.807, 2.05) is 66.7 Å². The summed E-state index contributed by atoms with van der Waals surface area (Å²) in [6, 6.07) is 74.5. The molecule has 294 valence electrons. The van der Waals surface area contributed by atoms with Crippen LogP contribution in [-0.2, 0) is 0 Å². The summed E-state index contributed by atoms with van der Waals surface area (Å²) in [6.45, 7) is 0. The summed E-state index contributed by atoms with van der Waals surface area (Å²) in [4.78, 5) is 15.4. The van der Waals surface area contributed by atoms with Crippen molar-refractivity contribution in [2.75, 3.05) is 0 Å². The van der Waals surface area contributed by atoms with Gasteiger partial charge in [0.1, 0.15) is 11.2 Å². The molecule has 0 N–H and O–H groups in total. The van der Waals surface area contributed by atoms with Crippen LogP contribution in [0.25, 0.3) is 122 Å².